The molecule has 6 heteroatoms. The van der Waals surface area contributed by atoms with Crippen molar-refractivity contribution in [3.05, 3.63) is 0 Å². The first kappa shape index (κ1) is 11.1. The van der Waals surface area contributed by atoms with Gasteiger partial charge < -0.3 is 11.5 Å². The topological polar surface area (TPSA) is 118 Å². The molecule has 0 spiro atoms. The van der Waals surface area contributed by atoms with E-state index >= 15 is 0 Å². The van der Waals surface area contributed by atoms with Gasteiger partial charge in [0.15, 0.2) is 0 Å². The van der Waals surface area contributed by atoms with Crippen LogP contribution in [0.25, 0.3) is 0 Å². The van der Waals surface area contributed by atoms with Crippen LogP contribution in [0.15, 0.2) is 9.98 Å². The van der Waals surface area contributed by atoms with E-state index in [0.717, 1.165) is 0 Å². The summed E-state index contributed by atoms with van der Waals surface area (Å²) >= 11 is 0. The van der Waals surface area contributed by atoms with Crippen LogP contribution in [0, 0.1) is 5.41 Å². The van der Waals surface area contributed by atoms with Gasteiger partial charge in [0.25, 0.3) is 0 Å². The number of urea groups is 1. The van der Waals surface area contributed by atoms with Gasteiger partial charge in [0, 0.05) is 0 Å². The lowest BCUT2D eigenvalue weighted by molar-refractivity contribution is 0.257. The molecule has 56 valence electrons. The molecule has 0 atom stereocenters. The van der Waals surface area contributed by atoms with E-state index in [1.807, 2.05) is 0 Å². The van der Waals surface area contributed by atoms with Crippen LogP contribution in [0.3, 0.4) is 0 Å². The quantitative estimate of drug-likeness (QED) is 0.308. The number of hydrogen-bond acceptors (Lipinski definition) is 2. The molecule has 0 unspecified atom stereocenters. The summed E-state index contributed by atoms with van der Waals surface area (Å²) in [5.74, 6) is -0.231. The number of hydrogen-bond donors (Lipinski definition) is 3. The number of carbonyl (C=O) groups is 1. The van der Waals surface area contributed by atoms with Crippen LogP contribution in [0.5, 0.6) is 0 Å². The number of primary amides is 1. The first-order chi connectivity index (χ1) is 4.54. The molecule has 0 bridgehead atoms. The average molecular weight is 143 g/mol. The highest BCUT2D eigenvalue weighted by Crippen LogP contribution is 1.53. The number of rotatable bonds is 0. The van der Waals surface area contributed by atoms with Gasteiger partial charge in [-0.1, -0.05) is 0 Å². The maximum absolute atomic E-state index is 9.36. The fraction of sp³-hybridized carbons (Fsp3) is 0. The Kier molecular flexibility index (Phi) is 8.10. The second-order valence-corrected chi connectivity index (χ2v) is 1.04. The number of aliphatic imine (C=N–C) groups is 2. The van der Waals surface area contributed by atoms with E-state index in [9.17, 15) is 4.79 Å². The summed E-state index contributed by atoms with van der Waals surface area (Å²) in [6.45, 7) is 5.80. The minimum absolute atomic E-state index is 0.231. The number of carbonyl (C=O) groups excluding carboxylic acids is 1. The molecule has 0 radical (unpaired) electrons. The Morgan fingerprint density at radius 2 is 1.50 bits per heavy atom. The van der Waals surface area contributed by atoms with Gasteiger partial charge in [-0.25, -0.2) is 14.8 Å². The summed E-state index contributed by atoms with van der Waals surface area (Å²) < 4.78 is 0. The smallest absolute Gasteiger partial charge is 0.337 e. The number of amides is 2. The highest BCUT2D eigenvalue weighted by molar-refractivity contribution is 5.79. The first-order valence-electron chi connectivity index (χ1n) is 2.11. The molecule has 0 aliphatic rings. The van der Waals surface area contributed by atoms with E-state index in [2.05, 4.69) is 34.9 Å². The average Bonchev–Trinajstić information content (AvgIpc) is 1.89. The van der Waals surface area contributed by atoms with Crippen molar-refractivity contribution in [2.75, 3.05) is 0 Å². The Hall–Kier alpha value is -1.72. The molecule has 0 aromatic heterocycles. The number of nitrogens with two attached hydrogens (primary N) is 2. The van der Waals surface area contributed by atoms with Gasteiger partial charge in [-0.2, -0.15) is 0 Å². The van der Waals surface area contributed by atoms with Crippen LogP contribution in [-0.2, 0) is 0 Å². The summed E-state index contributed by atoms with van der Waals surface area (Å²) in [6, 6.07) is -0.731. The fourth-order valence-corrected chi connectivity index (χ4v) is 0. The first-order valence-corrected chi connectivity index (χ1v) is 2.11. The molecule has 0 saturated heterocycles. The minimum Gasteiger partial charge on any atom is -0.368 e. The van der Waals surface area contributed by atoms with Crippen LogP contribution in [-0.4, -0.2) is 25.4 Å². The molecule has 0 saturated carbocycles. The van der Waals surface area contributed by atoms with E-state index in [4.69, 9.17) is 5.41 Å². The lowest BCUT2D eigenvalue weighted by Crippen LogP contribution is -2.03. The number of nitrogens with zero attached hydrogens (tertiary/aromatic N) is 2. The van der Waals surface area contributed by atoms with Crippen LogP contribution in [0.4, 0.5) is 4.79 Å². The zero-order valence-corrected chi connectivity index (χ0v) is 5.37. The number of guanidine groups is 1. The van der Waals surface area contributed by atoms with E-state index in [-0.39, 0.29) is 5.96 Å². The van der Waals surface area contributed by atoms with Gasteiger partial charge >= 0.3 is 6.03 Å². The molecular weight excluding hydrogens is 134 g/mol. The van der Waals surface area contributed by atoms with Crippen LogP contribution in [0.1, 0.15) is 0 Å². The summed E-state index contributed by atoms with van der Waals surface area (Å²) in [4.78, 5) is 15.1. The summed E-state index contributed by atoms with van der Waals surface area (Å²) in [5.41, 5.74) is 9.07. The highest BCUT2D eigenvalue weighted by atomic mass is 16.2. The highest BCUT2D eigenvalue weighted by Gasteiger charge is 1.70. The normalized spacial score (nSPS) is 6.40. The predicted molar refractivity (Wildman–Crippen MR) is 40.6 cm³/mol. The van der Waals surface area contributed by atoms with Crippen molar-refractivity contribution in [1.29, 1.82) is 5.41 Å². The van der Waals surface area contributed by atoms with Gasteiger partial charge in [-0.05, 0) is 13.4 Å². The van der Waals surface area contributed by atoms with Crippen molar-refractivity contribution < 1.29 is 4.79 Å². The van der Waals surface area contributed by atoms with Gasteiger partial charge in [-0.15, -0.1) is 0 Å². The zero-order valence-electron chi connectivity index (χ0n) is 5.37. The molecule has 0 aliphatic carbocycles. The molecule has 0 aromatic carbocycles. The summed E-state index contributed by atoms with van der Waals surface area (Å²) in [7, 11) is 0. The second kappa shape index (κ2) is 7.28. The van der Waals surface area contributed by atoms with E-state index in [0.29, 0.717) is 0 Å². The Bertz CT molecular complexity index is 134. The van der Waals surface area contributed by atoms with Crippen molar-refractivity contribution in [3.63, 3.8) is 0 Å². The summed E-state index contributed by atoms with van der Waals surface area (Å²) in [5, 5.41) is 6.29. The van der Waals surface area contributed by atoms with Crippen molar-refractivity contribution in [1.82, 2.24) is 0 Å². The van der Waals surface area contributed by atoms with Crippen LogP contribution < -0.4 is 11.5 Å². The van der Waals surface area contributed by atoms with Crippen LogP contribution >= 0.6 is 0 Å². The van der Waals surface area contributed by atoms with Crippen molar-refractivity contribution >= 4 is 25.4 Å². The van der Waals surface area contributed by atoms with E-state index in [1.165, 1.54) is 0 Å². The molecule has 2 amide bonds. The molecule has 0 aromatic rings. The largest absolute Gasteiger partial charge is 0.368 e. The summed E-state index contributed by atoms with van der Waals surface area (Å²) in [6.07, 6.45) is 0. The van der Waals surface area contributed by atoms with Crippen molar-refractivity contribution in [3.8, 4) is 0 Å². The number of nitrogens with one attached hydrogen (secondary N) is 1. The third-order valence-electron chi connectivity index (χ3n) is 0.326. The van der Waals surface area contributed by atoms with Gasteiger partial charge in [0.2, 0.25) is 5.96 Å². The third-order valence-corrected chi connectivity index (χ3v) is 0.326. The molecule has 5 N–H and O–H groups in total. The minimum atomic E-state index is -0.731. The Labute approximate surface area is 58.2 Å². The Morgan fingerprint density at radius 3 is 1.50 bits per heavy atom. The Balaban J connectivity index is 0. The lowest BCUT2D eigenvalue weighted by Gasteiger charge is -1.71. The molecule has 6 nitrogen and oxygen atoms in total. The van der Waals surface area contributed by atoms with E-state index < -0.39 is 6.03 Å². The Morgan fingerprint density at radius 1 is 1.30 bits per heavy atom. The molecular formula is C4H9N5O. The third kappa shape index (κ3) is 33.7. The molecule has 0 aliphatic heterocycles. The second-order valence-electron chi connectivity index (χ2n) is 1.04. The maximum Gasteiger partial charge on any atom is 0.337 e. The monoisotopic (exact) mass is 143 g/mol. The van der Waals surface area contributed by atoms with Gasteiger partial charge in [-0.3, -0.25) is 5.41 Å². The zero-order chi connectivity index (χ0) is 8.57. The van der Waals surface area contributed by atoms with Crippen molar-refractivity contribution in [2.45, 2.75) is 0 Å². The lowest BCUT2D eigenvalue weighted by atomic mass is 11.1. The standard InChI is InChI=1S/C2H5N3.C2H4N2O/c1-5-2(3)4;1-4-2(3)5/h1H2,(H3,3,4);1H2,(H2,3,5). The molecule has 10 heavy (non-hydrogen) atoms. The van der Waals surface area contributed by atoms with Gasteiger partial charge in [0.05, 0.1) is 0 Å². The van der Waals surface area contributed by atoms with Crippen molar-refractivity contribution in [2.24, 2.45) is 21.5 Å². The SMILES string of the molecule is C=NC(=N)N.C=NC(N)=O. The van der Waals surface area contributed by atoms with Gasteiger partial charge in [0.1, 0.15) is 0 Å². The molecule has 0 heterocycles. The maximum atomic E-state index is 9.36. The predicted octanol–water partition coefficient (Wildman–Crippen LogP) is -0.654. The van der Waals surface area contributed by atoms with Crippen LogP contribution in [0.2, 0.25) is 0 Å². The molecule has 0 rings (SSSR count). The molecule has 0 fully saturated rings. The van der Waals surface area contributed by atoms with E-state index in [1.54, 1.807) is 0 Å². The fourth-order valence-electron chi connectivity index (χ4n) is 0.